The van der Waals surface area contributed by atoms with E-state index in [0.717, 1.165) is 41.7 Å². The van der Waals surface area contributed by atoms with Crippen LogP contribution in [0.4, 0.5) is 0 Å². The van der Waals surface area contributed by atoms with Crippen LogP contribution in [-0.4, -0.2) is 36.3 Å². The van der Waals surface area contributed by atoms with E-state index in [9.17, 15) is 5.11 Å². The average Bonchev–Trinajstić information content (AvgIpc) is 2.66. The first kappa shape index (κ1) is 15.6. The number of aliphatic hydroxyl groups excluding tert-OH is 1. The fourth-order valence-electron chi connectivity index (χ4n) is 4.65. The van der Waals surface area contributed by atoms with Gasteiger partial charge < -0.3 is 14.7 Å². The number of hydrogen-bond acceptors (Lipinski definition) is 3. The minimum absolute atomic E-state index is 0.261. The molecular formula is C20H25N2O2+. The van der Waals surface area contributed by atoms with Gasteiger partial charge in [-0.25, -0.2) is 0 Å². The van der Waals surface area contributed by atoms with Gasteiger partial charge in [0.15, 0.2) is 0 Å². The van der Waals surface area contributed by atoms with Gasteiger partial charge in [-0.15, -0.1) is 6.58 Å². The van der Waals surface area contributed by atoms with E-state index >= 15 is 0 Å². The molecule has 2 aromatic rings. The molecule has 1 aromatic heterocycles. The zero-order valence-corrected chi connectivity index (χ0v) is 14.1. The summed E-state index contributed by atoms with van der Waals surface area (Å²) in [7, 11) is 1.67. The molecule has 3 fully saturated rings. The quantitative estimate of drug-likeness (QED) is 0.842. The molecule has 5 rings (SSSR count). The summed E-state index contributed by atoms with van der Waals surface area (Å²) in [4.78, 5) is 5.95. The average molecular weight is 325 g/mol. The Labute approximate surface area is 142 Å². The van der Waals surface area contributed by atoms with Crippen LogP contribution < -0.4 is 9.64 Å². The number of hydrogen-bond donors (Lipinski definition) is 2. The van der Waals surface area contributed by atoms with Crippen molar-refractivity contribution < 1.29 is 14.7 Å². The second kappa shape index (κ2) is 6.19. The first-order chi connectivity index (χ1) is 11.7. The first-order valence-electron chi connectivity index (χ1n) is 8.79. The number of methoxy groups -OCH3 is 1. The molecule has 3 aliphatic rings. The number of nitrogens with zero attached hydrogens (tertiary/aromatic N) is 1. The summed E-state index contributed by atoms with van der Waals surface area (Å²) in [5.41, 5.74) is 1.88. The monoisotopic (exact) mass is 325 g/mol. The molecule has 3 saturated heterocycles. The summed E-state index contributed by atoms with van der Waals surface area (Å²) < 4.78 is 5.35. The molecule has 4 unspecified atom stereocenters. The van der Waals surface area contributed by atoms with E-state index in [-0.39, 0.29) is 6.04 Å². The number of ether oxygens (including phenoxy) is 1. The molecule has 1 aromatic carbocycles. The highest BCUT2D eigenvalue weighted by molar-refractivity contribution is 5.83. The Morgan fingerprint density at radius 1 is 1.42 bits per heavy atom. The summed E-state index contributed by atoms with van der Waals surface area (Å²) in [6.07, 6.45) is 5.76. The third-order valence-electron chi connectivity index (χ3n) is 6.01. The Kier molecular flexibility index (Phi) is 4.02. The van der Waals surface area contributed by atoms with Crippen LogP contribution in [0.1, 0.15) is 24.5 Å². The molecule has 24 heavy (non-hydrogen) atoms. The minimum atomic E-state index is -0.467. The molecule has 4 nitrogen and oxygen atoms in total. The number of benzene rings is 1. The predicted octanol–water partition coefficient (Wildman–Crippen LogP) is 1.76. The van der Waals surface area contributed by atoms with Crippen molar-refractivity contribution in [2.45, 2.75) is 25.0 Å². The largest absolute Gasteiger partial charge is 0.497 e. The second-order valence-electron chi connectivity index (χ2n) is 7.13. The number of aromatic nitrogens is 1. The Hall–Kier alpha value is -1.91. The Morgan fingerprint density at radius 3 is 3.00 bits per heavy atom. The van der Waals surface area contributed by atoms with Gasteiger partial charge in [-0.2, -0.15) is 0 Å². The molecule has 2 N–H and O–H groups in total. The number of nitrogens with one attached hydrogen (secondary N) is 1. The van der Waals surface area contributed by atoms with Gasteiger partial charge in [0, 0.05) is 30.3 Å². The van der Waals surface area contributed by atoms with Gasteiger partial charge in [-0.3, -0.25) is 4.98 Å². The summed E-state index contributed by atoms with van der Waals surface area (Å²) in [5, 5.41) is 12.2. The first-order valence-corrected chi connectivity index (χ1v) is 8.79. The number of aliphatic hydroxyl groups is 1. The van der Waals surface area contributed by atoms with Crippen molar-refractivity contribution in [1.29, 1.82) is 0 Å². The van der Waals surface area contributed by atoms with E-state index in [0.29, 0.717) is 11.8 Å². The highest BCUT2D eigenvalue weighted by Gasteiger charge is 2.45. The highest BCUT2D eigenvalue weighted by Crippen LogP contribution is 2.34. The topological polar surface area (TPSA) is 46.8 Å². The maximum atomic E-state index is 11.2. The molecule has 4 heteroatoms. The van der Waals surface area contributed by atoms with Gasteiger partial charge in [0.2, 0.25) is 0 Å². The van der Waals surface area contributed by atoms with Crippen LogP contribution >= 0.6 is 0 Å². The SMILES string of the molecule is C=CC1C[NH+]2CCC1CC2[C@H](O)c1ccnc2ccc(OC)cc12. The van der Waals surface area contributed by atoms with Crippen LogP contribution in [-0.2, 0) is 0 Å². The zero-order chi connectivity index (χ0) is 16.7. The summed E-state index contributed by atoms with van der Waals surface area (Å²) in [6, 6.07) is 8.08. The lowest BCUT2D eigenvalue weighted by molar-refractivity contribution is -0.949. The van der Waals surface area contributed by atoms with Crippen LogP contribution in [0.25, 0.3) is 10.9 Å². The summed E-state index contributed by atoms with van der Waals surface area (Å²) in [5.74, 6) is 2.07. The van der Waals surface area contributed by atoms with E-state index in [4.69, 9.17) is 4.74 Å². The molecule has 0 radical (unpaired) electrons. The third-order valence-corrected chi connectivity index (χ3v) is 6.01. The molecular weight excluding hydrogens is 300 g/mol. The maximum absolute atomic E-state index is 11.2. The number of piperidine rings is 3. The second-order valence-corrected chi connectivity index (χ2v) is 7.13. The van der Waals surface area contributed by atoms with Crippen molar-refractivity contribution in [2.24, 2.45) is 11.8 Å². The molecule has 2 bridgehead atoms. The molecule has 4 heterocycles. The van der Waals surface area contributed by atoms with E-state index < -0.39 is 6.10 Å². The molecule has 0 amide bonds. The van der Waals surface area contributed by atoms with Crippen molar-refractivity contribution in [3.63, 3.8) is 0 Å². The van der Waals surface area contributed by atoms with Crippen molar-refractivity contribution in [2.75, 3.05) is 20.2 Å². The fraction of sp³-hybridized carbons (Fsp3) is 0.450. The van der Waals surface area contributed by atoms with Crippen LogP contribution in [0, 0.1) is 11.8 Å². The standard InChI is InChI=1S/C20H24N2O2/c1-3-13-12-22-9-7-14(13)10-19(22)20(23)16-6-8-21-18-5-4-15(24-2)11-17(16)18/h3-6,8,11,13-14,19-20,23H,1,7,9-10,12H2,2H3/p+1/t13?,14?,19?,20-/m1/s1. The molecule has 3 aliphatic heterocycles. The number of rotatable bonds is 4. The van der Waals surface area contributed by atoms with Crippen molar-refractivity contribution >= 4 is 10.9 Å². The lowest BCUT2D eigenvalue weighted by Crippen LogP contribution is -3.20. The zero-order valence-electron chi connectivity index (χ0n) is 14.1. The molecule has 0 saturated carbocycles. The van der Waals surface area contributed by atoms with E-state index in [2.05, 4.69) is 17.6 Å². The van der Waals surface area contributed by atoms with Gasteiger partial charge in [0.05, 0.1) is 25.7 Å². The van der Waals surface area contributed by atoms with Crippen LogP contribution in [0.5, 0.6) is 5.75 Å². The number of pyridine rings is 1. The highest BCUT2D eigenvalue weighted by atomic mass is 16.5. The Morgan fingerprint density at radius 2 is 2.29 bits per heavy atom. The lowest BCUT2D eigenvalue weighted by atomic mass is 9.73. The van der Waals surface area contributed by atoms with Gasteiger partial charge in [-0.05, 0) is 35.7 Å². The van der Waals surface area contributed by atoms with Crippen LogP contribution in [0.2, 0.25) is 0 Å². The number of quaternary nitrogens is 1. The fourth-order valence-corrected chi connectivity index (χ4v) is 4.65. The van der Waals surface area contributed by atoms with Crippen molar-refractivity contribution in [1.82, 2.24) is 4.98 Å². The smallest absolute Gasteiger partial charge is 0.131 e. The van der Waals surface area contributed by atoms with Gasteiger partial charge >= 0.3 is 0 Å². The summed E-state index contributed by atoms with van der Waals surface area (Å²) >= 11 is 0. The molecule has 5 atom stereocenters. The number of fused-ring (bicyclic) bond motifs is 4. The predicted molar refractivity (Wildman–Crippen MR) is 94.2 cm³/mol. The van der Waals surface area contributed by atoms with Crippen LogP contribution in [0.3, 0.4) is 0 Å². The molecule has 126 valence electrons. The van der Waals surface area contributed by atoms with E-state index in [1.807, 2.05) is 24.3 Å². The van der Waals surface area contributed by atoms with Crippen molar-refractivity contribution in [3.05, 3.63) is 48.7 Å². The normalized spacial score (nSPS) is 30.2. The van der Waals surface area contributed by atoms with Crippen molar-refractivity contribution in [3.8, 4) is 5.75 Å². The van der Waals surface area contributed by atoms with Gasteiger partial charge in [0.25, 0.3) is 0 Å². The lowest BCUT2D eigenvalue weighted by Gasteiger charge is -2.47. The van der Waals surface area contributed by atoms with Gasteiger partial charge in [-0.1, -0.05) is 6.08 Å². The summed E-state index contributed by atoms with van der Waals surface area (Å²) in [6.45, 7) is 6.25. The Balaban J connectivity index is 1.69. The van der Waals surface area contributed by atoms with Crippen LogP contribution in [0.15, 0.2) is 43.1 Å². The van der Waals surface area contributed by atoms with Gasteiger partial charge in [0.1, 0.15) is 17.9 Å². The Bertz CT molecular complexity index is 760. The third kappa shape index (κ3) is 2.50. The maximum Gasteiger partial charge on any atom is 0.131 e. The van der Waals surface area contributed by atoms with E-state index in [1.54, 1.807) is 13.3 Å². The molecule has 0 spiro atoms. The van der Waals surface area contributed by atoms with E-state index in [1.165, 1.54) is 11.3 Å². The minimum Gasteiger partial charge on any atom is -0.497 e. The molecule has 0 aliphatic carbocycles.